The van der Waals surface area contributed by atoms with Crippen LogP contribution >= 0.6 is 11.6 Å². The van der Waals surface area contributed by atoms with E-state index in [9.17, 15) is 9.59 Å². The third-order valence-corrected chi connectivity index (χ3v) is 2.62. The topological polar surface area (TPSA) is 43.4 Å². The second-order valence-electron chi connectivity index (χ2n) is 3.89. The van der Waals surface area contributed by atoms with E-state index >= 15 is 0 Å². The second kappa shape index (κ2) is 4.78. The van der Waals surface area contributed by atoms with E-state index in [4.69, 9.17) is 16.3 Å². The summed E-state index contributed by atoms with van der Waals surface area (Å²) >= 11 is 5.55. The average molecular weight is 219 g/mol. The molecule has 3 atom stereocenters. The molecular weight excluding hydrogens is 204 g/mol. The first kappa shape index (κ1) is 11.5. The van der Waals surface area contributed by atoms with Crippen LogP contribution < -0.4 is 0 Å². The maximum atomic E-state index is 11.4. The molecule has 0 amide bonds. The van der Waals surface area contributed by atoms with Crippen molar-refractivity contribution in [2.24, 2.45) is 5.92 Å². The Labute approximate surface area is 88.8 Å². The van der Waals surface area contributed by atoms with Gasteiger partial charge >= 0.3 is 5.97 Å². The highest BCUT2D eigenvalue weighted by atomic mass is 35.5. The first-order chi connectivity index (χ1) is 6.50. The van der Waals surface area contributed by atoms with Crippen molar-refractivity contribution in [1.82, 2.24) is 0 Å². The minimum atomic E-state index is -0.681. The zero-order valence-electron chi connectivity index (χ0n) is 8.46. The summed E-state index contributed by atoms with van der Waals surface area (Å²) in [4.78, 5) is 22.5. The molecule has 1 saturated carbocycles. The number of halogens is 1. The molecule has 4 heteroatoms. The van der Waals surface area contributed by atoms with Crippen LogP contribution in [0.3, 0.4) is 0 Å². The van der Waals surface area contributed by atoms with E-state index < -0.39 is 17.5 Å². The number of rotatable bonds is 2. The third-order valence-electron chi connectivity index (χ3n) is 2.44. The summed E-state index contributed by atoms with van der Waals surface area (Å²) in [5.74, 6) is -0.0379. The van der Waals surface area contributed by atoms with E-state index in [2.05, 4.69) is 6.92 Å². The van der Waals surface area contributed by atoms with Crippen molar-refractivity contribution in [3.63, 3.8) is 0 Å². The molecule has 0 N–H and O–H groups in total. The lowest BCUT2D eigenvalue weighted by Crippen LogP contribution is -2.34. The van der Waals surface area contributed by atoms with Gasteiger partial charge in [-0.05, 0) is 25.7 Å². The molecule has 1 rings (SSSR count). The average Bonchev–Trinajstić information content (AvgIpc) is 2.11. The van der Waals surface area contributed by atoms with E-state index in [-0.39, 0.29) is 5.78 Å². The highest BCUT2D eigenvalue weighted by molar-refractivity contribution is 6.29. The molecule has 14 heavy (non-hydrogen) atoms. The van der Waals surface area contributed by atoms with Crippen molar-refractivity contribution in [1.29, 1.82) is 0 Å². The van der Waals surface area contributed by atoms with Gasteiger partial charge in [-0.25, -0.2) is 0 Å². The van der Waals surface area contributed by atoms with Gasteiger partial charge in [-0.15, -0.1) is 11.6 Å². The monoisotopic (exact) mass is 218 g/mol. The molecule has 3 unspecified atom stereocenters. The third kappa shape index (κ3) is 2.98. The molecule has 0 saturated heterocycles. The maximum absolute atomic E-state index is 11.4. The molecule has 1 aliphatic rings. The fourth-order valence-electron chi connectivity index (χ4n) is 1.51. The lowest BCUT2D eigenvalue weighted by Gasteiger charge is -2.25. The van der Waals surface area contributed by atoms with Crippen molar-refractivity contribution in [2.45, 2.75) is 44.6 Å². The fraction of sp³-hybridized carbons (Fsp3) is 0.800. The standard InChI is InChI=1S/C10H15ClO3/c1-6-3-4-8(12)9(5-6)14-10(13)7(2)11/h6-7,9H,3-5H2,1-2H3. The van der Waals surface area contributed by atoms with Gasteiger partial charge in [0.1, 0.15) is 5.38 Å². The SMILES string of the molecule is CC1CCC(=O)C(OC(=O)C(C)Cl)C1. The highest BCUT2D eigenvalue weighted by Gasteiger charge is 2.30. The van der Waals surface area contributed by atoms with E-state index in [1.807, 2.05) is 0 Å². The minimum Gasteiger partial charge on any atom is -0.453 e. The Balaban J connectivity index is 2.49. The fourth-order valence-corrected chi connectivity index (χ4v) is 1.56. The summed E-state index contributed by atoms with van der Waals surface area (Å²) in [7, 11) is 0. The Morgan fingerprint density at radius 2 is 2.29 bits per heavy atom. The molecule has 0 heterocycles. The number of carbonyl (C=O) groups is 2. The van der Waals surface area contributed by atoms with Crippen LogP contribution in [0.5, 0.6) is 0 Å². The Morgan fingerprint density at radius 3 is 2.86 bits per heavy atom. The van der Waals surface area contributed by atoms with Crippen molar-refractivity contribution in [2.75, 3.05) is 0 Å². The summed E-state index contributed by atoms with van der Waals surface area (Å²) < 4.78 is 5.02. The predicted molar refractivity (Wildman–Crippen MR) is 53.2 cm³/mol. The van der Waals surface area contributed by atoms with Crippen molar-refractivity contribution >= 4 is 23.4 Å². The molecule has 0 spiro atoms. The smallest absolute Gasteiger partial charge is 0.324 e. The summed E-state index contributed by atoms with van der Waals surface area (Å²) in [5, 5.41) is -0.681. The lowest BCUT2D eigenvalue weighted by molar-refractivity contribution is -0.157. The Bertz CT molecular complexity index is 236. The van der Waals surface area contributed by atoms with Crippen LogP contribution in [-0.2, 0) is 14.3 Å². The molecule has 0 aromatic carbocycles. The van der Waals surface area contributed by atoms with E-state index in [1.165, 1.54) is 0 Å². The minimum absolute atomic E-state index is 0.0220. The van der Waals surface area contributed by atoms with Crippen molar-refractivity contribution in [3.8, 4) is 0 Å². The van der Waals surface area contributed by atoms with Gasteiger partial charge in [-0.2, -0.15) is 0 Å². The van der Waals surface area contributed by atoms with Crippen LogP contribution in [0.15, 0.2) is 0 Å². The second-order valence-corrected chi connectivity index (χ2v) is 4.54. The highest BCUT2D eigenvalue weighted by Crippen LogP contribution is 2.23. The van der Waals surface area contributed by atoms with E-state index in [0.29, 0.717) is 18.8 Å². The van der Waals surface area contributed by atoms with Gasteiger partial charge in [-0.3, -0.25) is 9.59 Å². The van der Waals surface area contributed by atoms with Crippen LogP contribution in [0, 0.1) is 5.92 Å². The molecule has 3 nitrogen and oxygen atoms in total. The van der Waals surface area contributed by atoms with Crippen molar-refractivity contribution < 1.29 is 14.3 Å². The molecule has 1 fully saturated rings. The largest absolute Gasteiger partial charge is 0.453 e. The zero-order chi connectivity index (χ0) is 10.7. The summed E-state index contributed by atoms with van der Waals surface area (Å²) in [6.07, 6.45) is 1.47. The van der Waals surface area contributed by atoms with Crippen LogP contribution in [-0.4, -0.2) is 23.2 Å². The van der Waals surface area contributed by atoms with Gasteiger partial charge in [0.25, 0.3) is 0 Å². The summed E-state index contributed by atoms with van der Waals surface area (Å²) in [6.45, 7) is 3.60. The molecule has 80 valence electrons. The van der Waals surface area contributed by atoms with Gasteiger partial charge in [-0.1, -0.05) is 6.92 Å². The van der Waals surface area contributed by atoms with Crippen LogP contribution in [0.25, 0.3) is 0 Å². The first-order valence-corrected chi connectivity index (χ1v) is 5.31. The number of alkyl halides is 1. The molecule has 0 radical (unpaired) electrons. The first-order valence-electron chi connectivity index (χ1n) is 4.88. The molecule has 1 aliphatic carbocycles. The van der Waals surface area contributed by atoms with Crippen LogP contribution in [0.4, 0.5) is 0 Å². The summed E-state index contributed by atoms with van der Waals surface area (Å²) in [6, 6.07) is 0. The number of ketones is 1. The van der Waals surface area contributed by atoms with Crippen LogP contribution in [0.1, 0.15) is 33.1 Å². The number of carbonyl (C=O) groups excluding carboxylic acids is 2. The Kier molecular flexibility index (Phi) is 3.93. The molecule has 0 aromatic rings. The Morgan fingerprint density at radius 1 is 1.64 bits per heavy atom. The summed E-state index contributed by atoms with van der Waals surface area (Å²) in [5.41, 5.74) is 0. The molecule has 0 aliphatic heterocycles. The van der Waals surface area contributed by atoms with Crippen molar-refractivity contribution in [3.05, 3.63) is 0 Å². The van der Waals surface area contributed by atoms with Gasteiger partial charge in [0.2, 0.25) is 0 Å². The normalized spacial score (nSPS) is 29.8. The Hall–Kier alpha value is -0.570. The maximum Gasteiger partial charge on any atom is 0.324 e. The number of esters is 1. The van der Waals surface area contributed by atoms with Gasteiger partial charge in [0, 0.05) is 6.42 Å². The van der Waals surface area contributed by atoms with Gasteiger partial charge < -0.3 is 4.74 Å². The number of Topliss-reactive ketones (excluding diaryl/α,β-unsaturated/α-hetero) is 1. The molecule has 0 aromatic heterocycles. The molecule has 0 bridgehead atoms. The quantitative estimate of drug-likeness (QED) is 0.525. The zero-order valence-corrected chi connectivity index (χ0v) is 9.21. The molecular formula is C10H15ClO3. The lowest BCUT2D eigenvalue weighted by atomic mass is 9.88. The number of hydrogen-bond acceptors (Lipinski definition) is 3. The number of ether oxygens (including phenoxy) is 1. The number of hydrogen-bond donors (Lipinski definition) is 0. The van der Waals surface area contributed by atoms with E-state index in [0.717, 1.165) is 6.42 Å². The van der Waals surface area contributed by atoms with Crippen LogP contribution in [0.2, 0.25) is 0 Å². The van der Waals surface area contributed by atoms with Gasteiger partial charge in [0.15, 0.2) is 11.9 Å². The van der Waals surface area contributed by atoms with Gasteiger partial charge in [0.05, 0.1) is 0 Å². The van der Waals surface area contributed by atoms with E-state index in [1.54, 1.807) is 6.92 Å². The predicted octanol–water partition coefficient (Wildman–Crippen LogP) is 1.91.